The average Bonchev–Trinajstić information content (AvgIpc) is 2.70. The number of carbonyl (C=O) groups excluding carboxylic acids is 4. The summed E-state index contributed by atoms with van der Waals surface area (Å²) in [4.78, 5) is 52.0. The molecule has 0 fully saturated rings. The van der Waals surface area contributed by atoms with Crippen LogP contribution in [0, 0.1) is 0 Å². The molecular formula is C22H32N6O4. The Morgan fingerprint density at radius 2 is 1.12 bits per heavy atom. The van der Waals surface area contributed by atoms with Gasteiger partial charge in [0, 0.05) is 48.0 Å². The number of allylic oxidation sites excluding steroid dienone is 2. The third-order valence-corrected chi connectivity index (χ3v) is 4.34. The van der Waals surface area contributed by atoms with Crippen molar-refractivity contribution >= 4 is 23.6 Å². The van der Waals surface area contributed by atoms with Crippen molar-refractivity contribution in [1.82, 2.24) is 31.3 Å². The smallest absolute Gasteiger partial charge is 0.267 e. The fourth-order valence-corrected chi connectivity index (χ4v) is 3.06. The van der Waals surface area contributed by atoms with E-state index in [0.29, 0.717) is 24.0 Å². The van der Waals surface area contributed by atoms with Crippen LogP contribution in [-0.2, 0) is 19.2 Å². The van der Waals surface area contributed by atoms with Crippen molar-refractivity contribution in [2.75, 3.05) is 13.1 Å². The molecular weight excluding hydrogens is 412 g/mol. The monoisotopic (exact) mass is 444 g/mol. The van der Waals surface area contributed by atoms with Crippen LogP contribution in [0.25, 0.3) is 0 Å². The molecule has 0 aromatic carbocycles. The molecule has 32 heavy (non-hydrogen) atoms. The highest BCUT2D eigenvalue weighted by atomic mass is 16.2. The molecule has 2 aliphatic heterocycles. The Bertz CT molecular complexity index is 786. The fourth-order valence-electron chi connectivity index (χ4n) is 3.06. The minimum absolute atomic E-state index is 0.0303. The van der Waals surface area contributed by atoms with Crippen LogP contribution in [0.2, 0.25) is 0 Å². The number of hydrogen-bond donors (Lipinski definition) is 4. The molecule has 10 nitrogen and oxygen atoms in total. The van der Waals surface area contributed by atoms with Crippen molar-refractivity contribution in [3.8, 4) is 0 Å². The second-order valence-electron chi connectivity index (χ2n) is 8.18. The molecule has 0 aliphatic carbocycles. The predicted octanol–water partition coefficient (Wildman–Crippen LogP) is 0.390. The molecule has 2 heterocycles. The summed E-state index contributed by atoms with van der Waals surface area (Å²) in [6.07, 6.45) is 10.9. The van der Waals surface area contributed by atoms with Crippen LogP contribution in [0.1, 0.15) is 40.5 Å². The molecule has 0 aromatic heterocycles. The van der Waals surface area contributed by atoms with Gasteiger partial charge in [-0.3, -0.25) is 30.0 Å². The van der Waals surface area contributed by atoms with E-state index in [1.807, 2.05) is 27.7 Å². The zero-order valence-electron chi connectivity index (χ0n) is 19.0. The second-order valence-corrected chi connectivity index (χ2v) is 8.18. The Labute approximate surface area is 188 Å². The number of hydrogen-bond acceptors (Lipinski definition) is 6. The maximum Gasteiger partial charge on any atom is 0.267 e. The van der Waals surface area contributed by atoms with E-state index in [9.17, 15) is 19.2 Å². The van der Waals surface area contributed by atoms with Crippen LogP contribution in [0.4, 0.5) is 0 Å². The summed E-state index contributed by atoms with van der Waals surface area (Å²) in [6, 6.07) is 0.0605. The van der Waals surface area contributed by atoms with Crippen LogP contribution in [0.3, 0.4) is 0 Å². The lowest BCUT2D eigenvalue weighted by Crippen LogP contribution is -2.44. The maximum absolute atomic E-state index is 12.5. The van der Waals surface area contributed by atoms with Gasteiger partial charge >= 0.3 is 0 Å². The summed E-state index contributed by atoms with van der Waals surface area (Å²) in [5.41, 5.74) is 5.64. The van der Waals surface area contributed by atoms with E-state index in [1.165, 1.54) is 0 Å². The molecule has 2 aliphatic rings. The normalized spacial score (nSPS) is 15.3. The lowest BCUT2D eigenvalue weighted by atomic mass is 10.1. The zero-order chi connectivity index (χ0) is 23.7. The summed E-state index contributed by atoms with van der Waals surface area (Å²) in [6.45, 7) is 7.68. The quantitative estimate of drug-likeness (QED) is 0.402. The lowest BCUT2D eigenvalue weighted by Gasteiger charge is -2.22. The number of amides is 4. The lowest BCUT2D eigenvalue weighted by molar-refractivity contribution is -0.125. The number of nitrogens with one attached hydrogen (secondary N) is 4. The van der Waals surface area contributed by atoms with E-state index >= 15 is 0 Å². The molecule has 0 aromatic rings. The van der Waals surface area contributed by atoms with Gasteiger partial charge in [-0.1, -0.05) is 12.2 Å². The van der Waals surface area contributed by atoms with Gasteiger partial charge in [0.2, 0.25) is 11.8 Å². The summed E-state index contributed by atoms with van der Waals surface area (Å²) >= 11 is 0. The van der Waals surface area contributed by atoms with Gasteiger partial charge in [0.1, 0.15) is 13.1 Å². The highest BCUT2D eigenvalue weighted by molar-refractivity contribution is 5.98. The van der Waals surface area contributed by atoms with Gasteiger partial charge in [-0.25, -0.2) is 0 Å². The van der Waals surface area contributed by atoms with Crippen LogP contribution in [0.15, 0.2) is 48.1 Å². The van der Waals surface area contributed by atoms with Crippen molar-refractivity contribution in [2.45, 2.75) is 52.6 Å². The Morgan fingerprint density at radius 3 is 1.47 bits per heavy atom. The Kier molecular flexibility index (Phi) is 9.06. The Balaban J connectivity index is 1.87. The number of carbonyl (C=O) groups is 4. The first-order chi connectivity index (χ1) is 15.1. The number of nitrogens with zero attached hydrogens (tertiary/aromatic N) is 2. The minimum Gasteiger partial charge on any atom is -0.352 e. The van der Waals surface area contributed by atoms with Gasteiger partial charge in [0.05, 0.1) is 0 Å². The third kappa shape index (κ3) is 8.29. The molecule has 4 amide bonds. The van der Waals surface area contributed by atoms with Crippen molar-refractivity contribution in [2.24, 2.45) is 0 Å². The van der Waals surface area contributed by atoms with Crippen LogP contribution >= 0.6 is 0 Å². The summed E-state index contributed by atoms with van der Waals surface area (Å²) in [7, 11) is 0. The summed E-state index contributed by atoms with van der Waals surface area (Å²) in [5, 5.41) is 5.59. The molecule has 0 bridgehead atoms. The zero-order valence-corrected chi connectivity index (χ0v) is 19.0. The molecule has 0 saturated heterocycles. The van der Waals surface area contributed by atoms with Crippen LogP contribution < -0.4 is 21.5 Å². The fraction of sp³-hybridized carbons (Fsp3) is 0.455. The first kappa shape index (κ1) is 24.7. The van der Waals surface area contributed by atoms with E-state index in [1.54, 1.807) is 46.8 Å². The summed E-state index contributed by atoms with van der Waals surface area (Å²) < 4.78 is 0. The summed E-state index contributed by atoms with van der Waals surface area (Å²) in [5.74, 6) is -1.23. The van der Waals surface area contributed by atoms with Gasteiger partial charge in [-0.15, -0.1) is 0 Å². The molecule has 0 saturated carbocycles. The van der Waals surface area contributed by atoms with Gasteiger partial charge < -0.3 is 20.4 Å². The van der Waals surface area contributed by atoms with Crippen molar-refractivity contribution in [3.63, 3.8) is 0 Å². The SMILES string of the molecule is CC(C)NC(=O)CN1C=CCC(C(=O)NNC(=O)C2=CN(CC(=O)NC(C)C)C=CC2)=C1. The topological polar surface area (TPSA) is 123 Å². The standard InChI is InChI=1S/C22H32N6O4/c1-15(2)23-19(29)13-27-9-5-7-17(11-27)21(31)25-26-22(32)18-8-6-10-28(12-18)14-20(30)24-16(3)4/h5-6,9-12,15-16H,7-8,13-14H2,1-4H3,(H,23,29)(H,24,30)(H,25,31)(H,26,32). The van der Waals surface area contributed by atoms with E-state index < -0.39 is 11.8 Å². The van der Waals surface area contributed by atoms with Crippen molar-refractivity contribution < 1.29 is 19.2 Å². The Morgan fingerprint density at radius 1 is 0.750 bits per heavy atom. The number of hydrazine groups is 1. The largest absolute Gasteiger partial charge is 0.352 e. The number of rotatable bonds is 8. The minimum atomic E-state index is -0.461. The highest BCUT2D eigenvalue weighted by Gasteiger charge is 2.18. The molecule has 0 atom stereocenters. The molecule has 0 unspecified atom stereocenters. The van der Waals surface area contributed by atoms with E-state index in [2.05, 4.69) is 21.5 Å². The molecule has 174 valence electrons. The second kappa shape index (κ2) is 11.7. The molecule has 4 N–H and O–H groups in total. The van der Waals surface area contributed by atoms with E-state index in [-0.39, 0.29) is 37.0 Å². The van der Waals surface area contributed by atoms with Crippen LogP contribution in [-0.4, -0.2) is 58.6 Å². The average molecular weight is 445 g/mol. The Hall–Kier alpha value is -3.56. The van der Waals surface area contributed by atoms with Gasteiger partial charge in [0.25, 0.3) is 11.8 Å². The maximum atomic E-state index is 12.5. The first-order valence-electron chi connectivity index (χ1n) is 10.6. The van der Waals surface area contributed by atoms with Crippen molar-refractivity contribution in [3.05, 3.63) is 48.1 Å². The molecule has 0 spiro atoms. The molecule has 0 radical (unpaired) electrons. The first-order valence-corrected chi connectivity index (χ1v) is 10.6. The van der Waals surface area contributed by atoms with Crippen molar-refractivity contribution in [1.29, 1.82) is 0 Å². The predicted molar refractivity (Wildman–Crippen MR) is 120 cm³/mol. The van der Waals surface area contributed by atoms with Gasteiger partial charge in [0.15, 0.2) is 0 Å². The van der Waals surface area contributed by atoms with E-state index in [4.69, 9.17) is 0 Å². The van der Waals surface area contributed by atoms with Gasteiger partial charge in [-0.2, -0.15) is 0 Å². The third-order valence-electron chi connectivity index (χ3n) is 4.34. The van der Waals surface area contributed by atoms with E-state index in [0.717, 1.165) is 0 Å². The highest BCUT2D eigenvalue weighted by Crippen LogP contribution is 2.13. The molecule has 2 rings (SSSR count). The molecule has 10 heteroatoms. The van der Waals surface area contributed by atoms with Crippen LogP contribution in [0.5, 0.6) is 0 Å². The van der Waals surface area contributed by atoms with Gasteiger partial charge in [-0.05, 0) is 40.5 Å².